The lowest BCUT2D eigenvalue weighted by Crippen LogP contribution is -2.28. The van der Waals surface area contributed by atoms with Crippen LogP contribution in [-0.2, 0) is 16.6 Å². The molecule has 0 spiro atoms. The fourth-order valence-electron chi connectivity index (χ4n) is 4.52. The maximum Gasteiger partial charge on any atom is 0.573 e. The monoisotopic (exact) mass is 538 g/mol. The van der Waals surface area contributed by atoms with E-state index in [4.69, 9.17) is 0 Å². The molecule has 1 heterocycles. The minimum atomic E-state index is -4.77. The normalized spacial score (nSPS) is 15.7. The second kappa shape index (κ2) is 11.2. The molecule has 1 aliphatic carbocycles. The molecule has 0 bridgehead atoms. The van der Waals surface area contributed by atoms with Gasteiger partial charge in [0.1, 0.15) is 9.96 Å². The number of halogens is 3. The number of thiophene rings is 1. The van der Waals surface area contributed by atoms with Crippen LogP contribution in [0.15, 0.2) is 64.9 Å². The molecular formula is C26H29F3N2O3S2. The zero-order chi connectivity index (χ0) is 25.8. The Balaban J connectivity index is 1.42. The minimum Gasteiger partial charge on any atom is -0.406 e. The van der Waals surface area contributed by atoms with E-state index in [1.807, 2.05) is 12.1 Å². The molecule has 0 aliphatic heterocycles. The predicted octanol–water partition coefficient (Wildman–Crippen LogP) is 7.17. The summed E-state index contributed by atoms with van der Waals surface area (Å²) in [5.74, 6) is 0.433. The number of ether oxygens (including phenoxy) is 1. The Morgan fingerprint density at radius 2 is 1.72 bits per heavy atom. The Bertz CT molecular complexity index is 1250. The summed E-state index contributed by atoms with van der Waals surface area (Å²) in [5.41, 5.74) is 1.97. The van der Waals surface area contributed by atoms with Crippen LogP contribution in [0.1, 0.15) is 44.6 Å². The summed E-state index contributed by atoms with van der Waals surface area (Å²) >= 11 is 1.04. The molecule has 194 valence electrons. The molecule has 1 aliphatic rings. The first-order valence-corrected chi connectivity index (χ1v) is 14.2. The van der Waals surface area contributed by atoms with E-state index in [2.05, 4.69) is 21.7 Å². The molecule has 5 nitrogen and oxygen atoms in total. The number of hydrogen-bond donors (Lipinski definition) is 2. The fraction of sp³-hybridized carbons (Fsp3) is 0.385. The lowest BCUT2D eigenvalue weighted by atomic mass is 9.99. The zero-order valence-electron chi connectivity index (χ0n) is 19.8. The number of sulfonamides is 1. The summed E-state index contributed by atoms with van der Waals surface area (Å²) in [4.78, 5) is 0.615. The van der Waals surface area contributed by atoms with Crippen molar-refractivity contribution in [1.29, 1.82) is 0 Å². The number of benzene rings is 2. The Morgan fingerprint density at radius 1 is 1.03 bits per heavy atom. The van der Waals surface area contributed by atoms with Gasteiger partial charge in [-0.1, -0.05) is 43.9 Å². The van der Waals surface area contributed by atoms with Crippen molar-refractivity contribution < 1.29 is 26.3 Å². The van der Waals surface area contributed by atoms with Crippen LogP contribution in [0.3, 0.4) is 0 Å². The Labute approximate surface area is 213 Å². The van der Waals surface area contributed by atoms with E-state index in [9.17, 15) is 21.6 Å². The largest absolute Gasteiger partial charge is 0.573 e. The van der Waals surface area contributed by atoms with Crippen molar-refractivity contribution in [3.8, 4) is 16.2 Å². The van der Waals surface area contributed by atoms with Crippen LogP contribution in [0.25, 0.3) is 10.4 Å². The molecule has 1 atom stereocenters. The summed E-state index contributed by atoms with van der Waals surface area (Å²) in [7, 11) is -3.85. The van der Waals surface area contributed by atoms with Crippen molar-refractivity contribution in [1.82, 2.24) is 5.32 Å². The maximum absolute atomic E-state index is 13.1. The molecule has 0 amide bonds. The molecule has 10 heteroatoms. The molecule has 0 radical (unpaired) electrons. The number of nitrogens with one attached hydrogen (secondary N) is 2. The quantitative estimate of drug-likeness (QED) is 0.287. The van der Waals surface area contributed by atoms with E-state index < -0.39 is 16.4 Å². The van der Waals surface area contributed by atoms with Gasteiger partial charge in [0.05, 0.1) is 5.69 Å². The van der Waals surface area contributed by atoms with Crippen molar-refractivity contribution in [3.63, 3.8) is 0 Å². The van der Waals surface area contributed by atoms with Gasteiger partial charge in [0, 0.05) is 17.5 Å². The number of alkyl halides is 3. The van der Waals surface area contributed by atoms with Gasteiger partial charge in [-0.15, -0.1) is 24.5 Å². The molecule has 1 saturated carbocycles. The molecule has 2 N–H and O–H groups in total. The minimum absolute atomic E-state index is 0.116. The molecular weight excluding hydrogens is 509 g/mol. The lowest BCUT2D eigenvalue weighted by molar-refractivity contribution is -0.274. The van der Waals surface area contributed by atoms with E-state index in [0.717, 1.165) is 29.2 Å². The average molecular weight is 539 g/mol. The molecule has 1 fully saturated rings. The van der Waals surface area contributed by atoms with E-state index in [0.29, 0.717) is 28.7 Å². The standard InChI is InChI=1S/C26H29F3N2O3S2/c1-18(16-19-6-2-3-7-19)30-17-21-8-4-5-9-23(21)31-36(32,33)25-15-14-24(35-25)20-10-12-22(13-11-20)34-26(27,28)29/h4-5,8-15,18-19,30-31H,2-3,6-7,16-17H2,1H3/t18-/m0/s1. The van der Waals surface area contributed by atoms with Crippen LogP contribution in [0, 0.1) is 5.92 Å². The van der Waals surface area contributed by atoms with Gasteiger partial charge >= 0.3 is 6.36 Å². The summed E-state index contributed by atoms with van der Waals surface area (Å²) < 4.78 is 70.1. The Hall–Kier alpha value is -2.56. The first-order valence-electron chi connectivity index (χ1n) is 11.9. The van der Waals surface area contributed by atoms with Crippen molar-refractivity contribution in [2.24, 2.45) is 5.92 Å². The van der Waals surface area contributed by atoms with E-state index >= 15 is 0 Å². The van der Waals surface area contributed by atoms with Crippen LogP contribution >= 0.6 is 11.3 Å². The van der Waals surface area contributed by atoms with Crippen LogP contribution in [0.4, 0.5) is 18.9 Å². The third-order valence-electron chi connectivity index (χ3n) is 6.28. The van der Waals surface area contributed by atoms with Crippen molar-refractivity contribution >= 4 is 27.0 Å². The highest BCUT2D eigenvalue weighted by Gasteiger charge is 2.31. The van der Waals surface area contributed by atoms with Crippen LogP contribution in [0.5, 0.6) is 5.75 Å². The smallest absolute Gasteiger partial charge is 0.406 e. The first-order chi connectivity index (χ1) is 17.1. The number of anilines is 1. The first kappa shape index (κ1) is 26.5. The van der Waals surface area contributed by atoms with Gasteiger partial charge < -0.3 is 10.1 Å². The van der Waals surface area contributed by atoms with Crippen molar-refractivity contribution in [2.45, 2.75) is 62.2 Å². The highest BCUT2D eigenvalue weighted by atomic mass is 32.2. The van der Waals surface area contributed by atoms with Crippen molar-refractivity contribution in [2.75, 3.05) is 4.72 Å². The SMILES string of the molecule is C[C@@H](CC1CCCC1)NCc1ccccc1NS(=O)(=O)c1ccc(-c2ccc(OC(F)(F)F)cc2)s1. The van der Waals surface area contributed by atoms with E-state index in [1.165, 1.54) is 56.0 Å². The zero-order valence-corrected chi connectivity index (χ0v) is 21.5. The molecule has 0 unspecified atom stereocenters. The van der Waals surface area contributed by atoms with Crippen LogP contribution < -0.4 is 14.8 Å². The summed E-state index contributed by atoms with van der Waals surface area (Å²) in [6.45, 7) is 2.72. The molecule has 36 heavy (non-hydrogen) atoms. The molecule has 4 rings (SSSR count). The lowest BCUT2D eigenvalue weighted by Gasteiger charge is -2.19. The van der Waals surface area contributed by atoms with Crippen molar-refractivity contribution in [3.05, 3.63) is 66.2 Å². The highest BCUT2D eigenvalue weighted by Crippen LogP contribution is 2.34. The van der Waals surface area contributed by atoms with E-state index in [-0.39, 0.29) is 9.96 Å². The van der Waals surface area contributed by atoms with Crippen LogP contribution in [0.2, 0.25) is 0 Å². The van der Waals surface area contributed by atoms with Gasteiger partial charge in [0.25, 0.3) is 10.0 Å². The predicted molar refractivity (Wildman–Crippen MR) is 137 cm³/mol. The van der Waals surface area contributed by atoms with Gasteiger partial charge in [0.2, 0.25) is 0 Å². The van der Waals surface area contributed by atoms with E-state index in [1.54, 1.807) is 18.2 Å². The summed E-state index contributed by atoms with van der Waals surface area (Å²) in [6.07, 6.45) is 1.55. The second-order valence-corrected chi connectivity index (χ2v) is 12.1. The topological polar surface area (TPSA) is 67.4 Å². The highest BCUT2D eigenvalue weighted by molar-refractivity contribution is 7.94. The fourth-order valence-corrected chi connectivity index (χ4v) is 6.94. The molecule has 3 aromatic rings. The second-order valence-electron chi connectivity index (χ2n) is 9.12. The van der Waals surface area contributed by atoms with Gasteiger partial charge in [-0.05, 0) is 72.9 Å². The number of rotatable bonds is 10. The number of hydrogen-bond acceptors (Lipinski definition) is 5. The Morgan fingerprint density at radius 3 is 2.42 bits per heavy atom. The third kappa shape index (κ3) is 7.24. The summed E-state index contributed by atoms with van der Waals surface area (Å²) in [5, 5.41) is 3.52. The Kier molecular flexibility index (Phi) is 8.27. The molecule has 2 aromatic carbocycles. The number of para-hydroxylation sites is 1. The van der Waals surface area contributed by atoms with Gasteiger partial charge in [-0.2, -0.15) is 0 Å². The van der Waals surface area contributed by atoms with Gasteiger partial charge in [-0.3, -0.25) is 4.72 Å². The maximum atomic E-state index is 13.1. The molecule has 1 aromatic heterocycles. The summed E-state index contributed by atoms with van der Waals surface area (Å²) in [6, 6.07) is 16.1. The van der Waals surface area contributed by atoms with Gasteiger partial charge in [-0.25, -0.2) is 8.42 Å². The molecule has 0 saturated heterocycles. The average Bonchev–Trinajstić information content (AvgIpc) is 3.51. The van der Waals surface area contributed by atoms with Gasteiger partial charge in [0.15, 0.2) is 0 Å². The van der Waals surface area contributed by atoms with Crippen LogP contribution in [-0.4, -0.2) is 20.8 Å². The third-order valence-corrected chi connectivity index (χ3v) is 9.27.